The zero-order chi connectivity index (χ0) is 15.7. The SMILES string of the molecule is CC(=O)NC(C)(C)C(=O)N1CC[C@](O)(c2ccccc2)C1. The van der Waals surface area contributed by atoms with Gasteiger partial charge in [-0.2, -0.15) is 0 Å². The molecule has 5 heteroatoms. The second-order valence-corrected chi connectivity index (χ2v) is 6.18. The van der Waals surface area contributed by atoms with Gasteiger partial charge >= 0.3 is 0 Å². The van der Waals surface area contributed by atoms with E-state index in [-0.39, 0.29) is 18.4 Å². The maximum absolute atomic E-state index is 12.5. The summed E-state index contributed by atoms with van der Waals surface area (Å²) in [6, 6.07) is 9.38. The van der Waals surface area contributed by atoms with Crippen LogP contribution in [0.3, 0.4) is 0 Å². The highest BCUT2D eigenvalue weighted by Crippen LogP contribution is 2.32. The molecule has 114 valence electrons. The van der Waals surface area contributed by atoms with Gasteiger partial charge in [0.1, 0.15) is 11.1 Å². The first-order valence-corrected chi connectivity index (χ1v) is 7.11. The molecular weight excluding hydrogens is 268 g/mol. The molecule has 0 aromatic heterocycles. The highest BCUT2D eigenvalue weighted by atomic mass is 16.3. The third-order valence-corrected chi connectivity index (χ3v) is 3.87. The number of nitrogens with one attached hydrogen (secondary N) is 1. The van der Waals surface area contributed by atoms with Crippen LogP contribution in [0.15, 0.2) is 30.3 Å². The maximum atomic E-state index is 12.5. The number of β-amino-alcohol motifs (C(OH)–C–C–N with tert-alkyl or cyclic N) is 1. The van der Waals surface area contributed by atoms with E-state index in [1.165, 1.54) is 6.92 Å². The lowest BCUT2D eigenvalue weighted by molar-refractivity contribution is -0.140. The van der Waals surface area contributed by atoms with Crippen LogP contribution in [-0.2, 0) is 15.2 Å². The average Bonchev–Trinajstić information content (AvgIpc) is 2.81. The first-order valence-electron chi connectivity index (χ1n) is 7.11. The molecule has 0 radical (unpaired) electrons. The summed E-state index contributed by atoms with van der Waals surface area (Å²) < 4.78 is 0. The van der Waals surface area contributed by atoms with Gasteiger partial charge in [-0.05, 0) is 25.8 Å². The molecule has 1 aromatic carbocycles. The van der Waals surface area contributed by atoms with Gasteiger partial charge in [-0.3, -0.25) is 9.59 Å². The van der Waals surface area contributed by atoms with Gasteiger partial charge in [0.2, 0.25) is 11.8 Å². The summed E-state index contributed by atoms with van der Waals surface area (Å²) >= 11 is 0. The molecular formula is C16H22N2O3. The predicted molar refractivity (Wildman–Crippen MR) is 79.4 cm³/mol. The minimum Gasteiger partial charge on any atom is -0.383 e. The van der Waals surface area contributed by atoms with Crippen LogP contribution >= 0.6 is 0 Å². The van der Waals surface area contributed by atoms with Gasteiger partial charge < -0.3 is 15.3 Å². The molecule has 2 rings (SSSR count). The van der Waals surface area contributed by atoms with E-state index >= 15 is 0 Å². The number of aliphatic hydroxyl groups is 1. The largest absolute Gasteiger partial charge is 0.383 e. The number of carbonyl (C=O) groups excluding carboxylic acids is 2. The Labute approximate surface area is 125 Å². The van der Waals surface area contributed by atoms with Gasteiger partial charge in [0.15, 0.2) is 0 Å². The predicted octanol–water partition coefficient (Wildman–Crippen LogP) is 1.02. The van der Waals surface area contributed by atoms with E-state index in [2.05, 4.69) is 5.32 Å². The number of carbonyl (C=O) groups is 2. The average molecular weight is 290 g/mol. The molecule has 5 nitrogen and oxygen atoms in total. The molecule has 0 aliphatic carbocycles. The Morgan fingerprint density at radius 3 is 2.48 bits per heavy atom. The van der Waals surface area contributed by atoms with Crippen molar-refractivity contribution in [1.82, 2.24) is 10.2 Å². The molecule has 1 aliphatic rings. The van der Waals surface area contributed by atoms with Crippen molar-refractivity contribution in [1.29, 1.82) is 0 Å². The normalized spacial score (nSPS) is 22.2. The fourth-order valence-electron chi connectivity index (χ4n) is 2.84. The molecule has 1 saturated heterocycles. The monoisotopic (exact) mass is 290 g/mol. The first kappa shape index (κ1) is 15.5. The Kier molecular flexibility index (Phi) is 4.05. The van der Waals surface area contributed by atoms with E-state index in [0.29, 0.717) is 13.0 Å². The van der Waals surface area contributed by atoms with E-state index in [1.807, 2.05) is 30.3 Å². The molecule has 1 fully saturated rings. The lowest BCUT2D eigenvalue weighted by Crippen LogP contribution is -2.55. The lowest BCUT2D eigenvalue weighted by atomic mass is 9.93. The van der Waals surface area contributed by atoms with Gasteiger partial charge in [0.25, 0.3) is 0 Å². The molecule has 2 N–H and O–H groups in total. The number of hydrogen-bond acceptors (Lipinski definition) is 3. The Balaban J connectivity index is 2.12. The molecule has 0 bridgehead atoms. The van der Waals surface area contributed by atoms with Crippen molar-refractivity contribution in [3.05, 3.63) is 35.9 Å². The highest BCUT2D eigenvalue weighted by Gasteiger charge is 2.43. The molecule has 1 heterocycles. The third-order valence-electron chi connectivity index (χ3n) is 3.87. The number of nitrogens with zero attached hydrogens (tertiary/aromatic N) is 1. The summed E-state index contributed by atoms with van der Waals surface area (Å²) in [7, 11) is 0. The van der Waals surface area contributed by atoms with Crippen LogP contribution in [0.1, 0.15) is 32.8 Å². The highest BCUT2D eigenvalue weighted by molar-refractivity contribution is 5.90. The number of likely N-dealkylation sites (tertiary alicyclic amines) is 1. The first-order chi connectivity index (χ1) is 9.74. The Bertz CT molecular complexity index is 542. The summed E-state index contributed by atoms with van der Waals surface area (Å²) in [4.78, 5) is 25.3. The molecule has 1 aliphatic heterocycles. The second kappa shape index (κ2) is 5.48. The molecule has 1 aromatic rings. The van der Waals surface area contributed by atoms with Crippen molar-refractivity contribution in [3.8, 4) is 0 Å². The zero-order valence-electron chi connectivity index (χ0n) is 12.7. The molecule has 21 heavy (non-hydrogen) atoms. The zero-order valence-corrected chi connectivity index (χ0v) is 12.7. The van der Waals surface area contributed by atoms with Crippen molar-refractivity contribution in [2.24, 2.45) is 0 Å². The van der Waals surface area contributed by atoms with Crippen molar-refractivity contribution in [2.45, 2.75) is 38.3 Å². The smallest absolute Gasteiger partial charge is 0.247 e. The topological polar surface area (TPSA) is 69.6 Å². The Morgan fingerprint density at radius 2 is 1.90 bits per heavy atom. The van der Waals surface area contributed by atoms with E-state index in [1.54, 1.807) is 18.7 Å². The van der Waals surface area contributed by atoms with E-state index < -0.39 is 11.1 Å². The quantitative estimate of drug-likeness (QED) is 0.873. The van der Waals surface area contributed by atoms with Crippen LogP contribution < -0.4 is 5.32 Å². The van der Waals surface area contributed by atoms with Gasteiger partial charge in [-0.1, -0.05) is 30.3 Å². The van der Waals surface area contributed by atoms with Crippen molar-refractivity contribution in [2.75, 3.05) is 13.1 Å². The summed E-state index contributed by atoms with van der Waals surface area (Å²) in [6.45, 7) is 5.47. The molecule has 0 unspecified atom stereocenters. The summed E-state index contributed by atoms with van der Waals surface area (Å²) in [6.07, 6.45) is 0.499. The summed E-state index contributed by atoms with van der Waals surface area (Å²) in [5.74, 6) is -0.421. The summed E-state index contributed by atoms with van der Waals surface area (Å²) in [5, 5.41) is 13.4. The maximum Gasteiger partial charge on any atom is 0.247 e. The number of hydrogen-bond donors (Lipinski definition) is 2. The fourth-order valence-corrected chi connectivity index (χ4v) is 2.84. The van der Waals surface area contributed by atoms with Crippen LogP contribution in [-0.4, -0.2) is 40.4 Å². The van der Waals surface area contributed by atoms with Gasteiger partial charge in [0.05, 0.1) is 6.54 Å². The summed E-state index contributed by atoms with van der Waals surface area (Å²) in [5.41, 5.74) is -1.16. The van der Waals surface area contributed by atoms with Crippen LogP contribution in [0.4, 0.5) is 0 Å². The van der Waals surface area contributed by atoms with Crippen molar-refractivity contribution in [3.63, 3.8) is 0 Å². The van der Waals surface area contributed by atoms with Gasteiger partial charge in [0, 0.05) is 13.5 Å². The Hall–Kier alpha value is -1.88. The van der Waals surface area contributed by atoms with E-state index in [4.69, 9.17) is 0 Å². The minimum atomic E-state index is -1.01. The van der Waals surface area contributed by atoms with Crippen molar-refractivity contribution >= 4 is 11.8 Å². The van der Waals surface area contributed by atoms with Crippen LogP contribution in [0.25, 0.3) is 0 Å². The minimum absolute atomic E-state index is 0.176. The van der Waals surface area contributed by atoms with E-state index in [9.17, 15) is 14.7 Å². The molecule has 1 atom stereocenters. The number of benzene rings is 1. The number of amides is 2. The second-order valence-electron chi connectivity index (χ2n) is 6.18. The lowest BCUT2D eigenvalue weighted by Gasteiger charge is -2.31. The van der Waals surface area contributed by atoms with Crippen LogP contribution in [0.5, 0.6) is 0 Å². The number of rotatable bonds is 3. The molecule has 0 spiro atoms. The van der Waals surface area contributed by atoms with Gasteiger partial charge in [-0.25, -0.2) is 0 Å². The van der Waals surface area contributed by atoms with Crippen LogP contribution in [0, 0.1) is 0 Å². The standard InChI is InChI=1S/C16H22N2O3/c1-12(19)17-15(2,3)14(20)18-10-9-16(21,11-18)13-7-5-4-6-8-13/h4-8,21H,9-11H2,1-3H3,(H,17,19)/t16-/m1/s1. The molecule has 0 saturated carbocycles. The van der Waals surface area contributed by atoms with Gasteiger partial charge in [-0.15, -0.1) is 0 Å². The molecule has 2 amide bonds. The fraction of sp³-hybridized carbons (Fsp3) is 0.500. The Morgan fingerprint density at radius 1 is 1.29 bits per heavy atom. The van der Waals surface area contributed by atoms with Crippen LogP contribution in [0.2, 0.25) is 0 Å². The third kappa shape index (κ3) is 3.24. The van der Waals surface area contributed by atoms with E-state index in [0.717, 1.165) is 5.56 Å². The van der Waals surface area contributed by atoms with Crippen molar-refractivity contribution < 1.29 is 14.7 Å².